The first-order chi connectivity index (χ1) is 16.0. The number of halogens is 3. The fourth-order valence-corrected chi connectivity index (χ4v) is 5.00. The summed E-state index contributed by atoms with van der Waals surface area (Å²) in [6.45, 7) is 3.68. The Balaban J connectivity index is 2.38. The van der Waals surface area contributed by atoms with E-state index in [1.165, 1.54) is 4.90 Å². The maximum atomic E-state index is 13.5. The van der Waals surface area contributed by atoms with Crippen LogP contribution in [0.2, 0.25) is 10.0 Å². The minimum atomic E-state index is -3.80. The normalized spacial score (nSPS) is 12.2. The zero-order valence-corrected chi connectivity index (χ0v) is 23.1. The quantitative estimate of drug-likeness (QED) is 0.378. The van der Waals surface area contributed by atoms with Gasteiger partial charge in [-0.3, -0.25) is 13.9 Å². The number of nitrogens with zero attached hydrogens (tertiary/aromatic N) is 2. The summed E-state index contributed by atoms with van der Waals surface area (Å²) in [6.07, 6.45) is 2.75. The van der Waals surface area contributed by atoms with Crippen molar-refractivity contribution in [1.82, 2.24) is 10.2 Å². The number of para-hydroxylation sites is 1. The second kappa shape index (κ2) is 12.8. The van der Waals surface area contributed by atoms with Crippen molar-refractivity contribution in [2.45, 2.75) is 39.3 Å². The maximum Gasteiger partial charge on any atom is 0.244 e. The van der Waals surface area contributed by atoms with E-state index in [2.05, 4.69) is 21.2 Å². The van der Waals surface area contributed by atoms with E-state index in [1.54, 1.807) is 49.4 Å². The lowest BCUT2D eigenvalue weighted by molar-refractivity contribution is -0.139. The molecule has 0 unspecified atom stereocenters. The first-order valence-electron chi connectivity index (χ1n) is 10.7. The Morgan fingerprint density at radius 3 is 2.38 bits per heavy atom. The zero-order chi connectivity index (χ0) is 25.5. The lowest BCUT2D eigenvalue weighted by Gasteiger charge is -2.31. The van der Waals surface area contributed by atoms with Crippen molar-refractivity contribution in [3.63, 3.8) is 0 Å². The molecule has 34 heavy (non-hydrogen) atoms. The molecule has 7 nitrogen and oxygen atoms in total. The van der Waals surface area contributed by atoms with Crippen LogP contribution < -0.4 is 9.62 Å². The van der Waals surface area contributed by atoms with Gasteiger partial charge in [0.2, 0.25) is 21.8 Å². The summed E-state index contributed by atoms with van der Waals surface area (Å²) in [5.74, 6) is -0.862. The number of hydrogen-bond donors (Lipinski definition) is 1. The number of rotatable bonds is 11. The molecule has 2 rings (SSSR count). The minimum Gasteiger partial charge on any atom is -0.354 e. The van der Waals surface area contributed by atoms with E-state index in [4.69, 9.17) is 23.2 Å². The van der Waals surface area contributed by atoms with E-state index in [0.29, 0.717) is 32.3 Å². The van der Waals surface area contributed by atoms with E-state index in [-0.39, 0.29) is 12.5 Å². The predicted octanol–water partition coefficient (Wildman–Crippen LogP) is 4.86. The molecular formula is C23H28BrCl2N3O4S. The SMILES string of the molecule is CCCCNC(=O)[C@@H](C)N(Cc1ccc(Cl)c(Cl)c1)C(=O)CN(c1ccccc1Br)S(C)(=O)=O. The van der Waals surface area contributed by atoms with Gasteiger partial charge in [0.15, 0.2) is 0 Å². The Morgan fingerprint density at radius 1 is 1.12 bits per heavy atom. The third-order valence-corrected chi connectivity index (χ3v) is 7.67. The van der Waals surface area contributed by atoms with Crippen molar-refractivity contribution in [3.8, 4) is 0 Å². The van der Waals surface area contributed by atoms with Crippen molar-refractivity contribution in [3.05, 3.63) is 62.5 Å². The largest absolute Gasteiger partial charge is 0.354 e. The van der Waals surface area contributed by atoms with Gasteiger partial charge in [0.25, 0.3) is 0 Å². The Labute approximate surface area is 219 Å². The van der Waals surface area contributed by atoms with Gasteiger partial charge in [-0.15, -0.1) is 0 Å². The van der Waals surface area contributed by atoms with Crippen LogP contribution in [-0.2, 0) is 26.2 Å². The van der Waals surface area contributed by atoms with Gasteiger partial charge in [0.05, 0.1) is 22.0 Å². The number of nitrogens with one attached hydrogen (secondary N) is 1. The average Bonchev–Trinajstić information content (AvgIpc) is 2.77. The van der Waals surface area contributed by atoms with Crippen molar-refractivity contribution < 1.29 is 18.0 Å². The number of benzene rings is 2. The number of amides is 2. The van der Waals surface area contributed by atoms with Crippen molar-refractivity contribution in [2.75, 3.05) is 23.7 Å². The molecule has 0 heterocycles. The number of anilines is 1. The number of hydrogen-bond acceptors (Lipinski definition) is 4. The fourth-order valence-electron chi connectivity index (χ4n) is 3.20. The summed E-state index contributed by atoms with van der Waals surface area (Å²) >= 11 is 15.5. The summed E-state index contributed by atoms with van der Waals surface area (Å²) in [5.41, 5.74) is 0.982. The summed E-state index contributed by atoms with van der Waals surface area (Å²) in [7, 11) is -3.80. The van der Waals surface area contributed by atoms with Crippen LogP contribution >= 0.6 is 39.1 Å². The predicted molar refractivity (Wildman–Crippen MR) is 141 cm³/mol. The Morgan fingerprint density at radius 2 is 1.79 bits per heavy atom. The molecule has 0 aliphatic heterocycles. The van der Waals surface area contributed by atoms with E-state index in [1.807, 2.05) is 6.92 Å². The Kier molecular flexibility index (Phi) is 10.7. The molecule has 2 aromatic rings. The van der Waals surface area contributed by atoms with Crippen LogP contribution in [0.4, 0.5) is 5.69 Å². The van der Waals surface area contributed by atoms with Crippen LogP contribution in [0.5, 0.6) is 0 Å². The molecule has 0 saturated carbocycles. The second-order valence-corrected chi connectivity index (χ2v) is 11.4. The monoisotopic (exact) mass is 591 g/mol. The van der Waals surface area contributed by atoms with Crippen LogP contribution in [0, 0.1) is 0 Å². The molecule has 1 atom stereocenters. The van der Waals surface area contributed by atoms with E-state index in [9.17, 15) is 18.0 Å². The first kappa shape index (κ1) is 28.4. The molecule has 0 fully saturated rings. The Hall–Kier alpha value is -1.81. The van der Waals surface area contributed by atoms with Crippen molar-refractivity contribution in [2.24, 2.45) is 0 Å². The molecule has 0 saturated heterocycles. The molecular weight excluding hydrogens is 565 g/mol. The molecule has 0 aromatic heterocycles. The highest BCUT2D eigenvalue weighted by atomic mass is 79.9. The summed E-state index contributed by atoms with van der Waals surface area (Å²) in [6, 6.07) is 10.8. The highest BCUT2D eigenvalue weighted by Crippen LogP contribution is 2.28. The minimum absolute atomic E-state index is 0.0473. The lowest BCUT2D eigenvalue weighted by Crippen LogP contribution is -2.51. The van der Waals surface area contributed by atoms with Crippen LogP contribution in [-0.4, -0.2) is 50.5 Å². The zero-order valence-electron chi connectivity index (χ0n) is 19.2. The summed E-state index contributed by atoms with van der Waals surface area (Å²) in [5, 5.41) is 3.51. The van der Waals surface area contributed by atoms with Crippen molar-refractivity contribution in [1.29, 1.82) is 0 Å². The van der Waals surface area contributed by atoms with Gasteiger partial charge in [-0.1, -0.05) is 54.7 Å². The Bertz CT molecular complexity index is 1130. The topological polar surface area (TPSA) is 86.8 Å². The smallest absolute Gasteiger partial charge is 0.244 e. The first-order valence-corrected chi connectivity index (χ1v) is 14.1. The number of unbranched alkanes of at least 4 members (excludes halogenated alkanes) is 1. The fraction of sp³-hybridized carbons (Fsp3) is 0.391. The molecule has 186 valence electrons. The van der Waals surface area contributed by atoms with Gasteiger partial charge in [-0.05, 0) is 59.1 Å². The maximum absolute atomic E-state index is 13.5. The number of carbonyl (C=O) groups is 2. The number of carbonyl (C=O) groups excluding carboxylic acids is 2. The highest BCUT2D eigenvalue weighted by molar-refractivity contribution is 9.10. The molecule has 0 aliphatic rings. The van der Waals surface area contributed by atoms with Gasteiger partial charge < -0.3 is 10.2 Å². The molecule has 1 N–H and O–H groups in total. The van der Waals surface area contributed by atoms with Crippen molar-refractivity contribution >= 4 is 66.7 Å². The molecule has 0 radical (unpaired) electrons. The third-order valence-electron chi connectivity index (χ3n) is 5.13. The van der Waals surface area contributed by atoms with Crippen LogP contribution in [0.1, 0.15) is 32.3 Å². The standard InChI is InChI=1S/C23H28BrCl2N3O4S/c1-4-5-12-27-23(31)16(2)28(14-17-10-11-19(25)20(26)13-17)22(30)15-29(34(3,32)33)21-9-7-6-8-18(21)24/h6-11,13,16H,4-5,12,14-15H2,1-3H3,(H,27,31)/t16-/m1/s1. The number of sulfonamides is 1. The third kappa shape index (κ3) is 7.86. The van der Waals surface area contributed by atoms with E-state index in [0.717, 1.165) is 23.4 Å². The second-order valence-electron chi connectivity index (χ2n) is 7.81. The van der Waals surface area contributed by atoms with E-state index < -0.39 is 28.5 Å². The average molecular weight is 593 g/mol. The van der Waals surface area contributed by atoms with Gasteiger partial charge in [0.1, 0.15) is 12.6 Å². The molecule has 2 aromatic carbocycles. The molecule has 0 spiro atoms. The van der Waals surface area contributed by atoms with Crippen LogP contribution in [0.3, 0.4) is 0 Å². The van der Waals surface area contributed by atoms with E-state index >= 15 is 0 Å². The molecule has 2 amide bonds. The van der Waals surface area contributed by atoms with Gasteiger partial charge >= 0.3 is 0 Å². The highest BCUT2D eigenvalue weighted by Gasteiger charge is 2.30. The van der Waals surface area contributed by atoms with Gasteiger partial charge in [-0.2, -0.15) is 0 Å². The van der Waals surface area contributed by atoms with Gasteiger partial charge in [0, 0.05) is 17.6 Å². The molecule has 11 heteroatoms. The lowest BCUT2D eigenvalue weighted by atomic mass is 10.1. The molecule has 0 bridgehead atoms. The summed E-state index contributed by atoms with van der Waals surface area (Å²) in [4.78, 5) is 27.6. The van der Waals surface area contributed by atoms with Crippen LogP contribution in [0.25, 0.3) is 0 Å². The van der Waals surface area contributed by atoms with Gasteiger partial charge in [-0.25, -0.2) is 8.42 Å². The molecule has 0 aliphatic carbocycles. The van der Waals surface area contributed by atoms with Crippen LogP contribution in [0.15, 0.2) is 46.9 Å². The summed E-state index contributed by atoms with van der Waals surface area (Å²) < 4.78 is 26.7.